The van der Waals surface area contributed by atoms with Gasteiger partial charge >= 0.3 is 0 Å². The molecule has 2 fully saturated rings. The van der Waals surface area contributed by atoms with Crippen LogP contribution in [-0.4, -0.2) is 51.3 Å². The van der Waals surface area contributed by atoms with Crippen molar-refractivity contribution < 1.29 is 4.74 Å². The first-order valence-electron chi connectivity index (χ1n) is 7.53. The smallest absolute Gasteiger partial charge is 0.225 e. The molecule has 2 aromatic rings. The average molecular weight is 298 g/mol. The maximum absolute atomic E-state index is 6.12. The van der Waals surface area contributed by atoms with Crippen molar-refractivity contribution in [3.05, 3.63) is 36.9 Å². The van der Waals surface area contributed by atoms with Crippen molar-refractivity contribution in [2.45, 2.75) is 24.5 Å². The Morgan fingerprint density at radius 2 is 1.82 bits per heavy atom. The number of nitrogens with one attached hydrogen (secondary N) is 1. The van der Waals surface area contributed by atoms with Gasteiger partial charge in [0.25, 0.3) is 0 Å². The molecule has 0 unspecified atom stereocenters. The second kappa shape index (κ2) is 5.49. The number of anilines is 2. The Hall–Kier alpha value is -2.28. The molecule has 0 aromatic carbocycles. The molecule has 2 aliphatic rings. The summed E-state index contributed by atoms with van der Waals surface area (Å²) < 4.78 is 6.12. The maximum atomic E-state index is 6.12. The van der Waals surface area contributed by atoms with Crippen molar-refractivity contribution in [1.29, 1.82) is 0 Å². The monoisotopic (exact) mass is 298 g/mol. The zero-order valence-corrected chi connectivity index (χ0v) is 12.2. The minimum atomic E-state index is -0.106. The van der Waals surface area contributed by atoms with Crippen LogP contribution in [-0.2, 0) is 4.74 Å². The Bertz CT molecular complexity index is 624. The van der Waals surface area contributed by atoms with Crippen LogP contribution in [0.3, 0.4) is 0 Å². The average Bonchev–Trinajstić information content (AvgIpc) is 3.17. The van der Waals surface area contributed by atoms with Crippen molar-refractivity contribution in [1.82, 2.24) is 19.9 Å². The summed E-state index contributed by atoms with van der Waals surface area (Å²) >= 11 is 0. The Labute approximate surface area is 128 Å². The lowest BCUT2D eigenvalue weighted by Crippen LogP contribution is -2.34. The van der Waals surface area contributed by atoms with Crippen LogP contribution in [0, 0.1) is 0 Å². The molecule has 2 atom stereocenters. The Morgan fingerprint density at radius 3 is 2.59 bits per heavy atom. The van der Waals surface area contributed by atoms with Crippen molar-refractivity contribution in [2.24, 2.45) is 0 Å². The fraction of sp³-hybridized carbons (Fsp3) is 0.467. The van der Waals surface area contributed by atoms with Crippen molar-refractivity contribution in [2.75, 3.05) is 29.9 Å². The van der Waals surface area contributed by atoms with Gasteiger partial charge in [0.05, 0.1) is 24.8 Å². The van der Waals surface area contributed by atoms with Crippen LogP contribution in [0.15, 0.2) is 36.9 Å². The summed E-state index contributed by atoms with van der Waals surface area (Å²) in [5.41, 5.74) is -0.106. The number of aromatic nitrogens is 4. The molecule has 1 N–H and O–H groups in total. The van der Waals surface area contributed by atoms with Gasteiger partial charge in [0.2, 0.25) is 11.9 Å². The summed E-state index contributed by atoms with van der Waals surface area (Å²) in [5, 5.41) is 3.35. The largest absolute Gasteiger partial charge is 0.371 e. The molecule has 7 heteroatoms. The zero-order chi connectivity index (χ0) is 14.8. The van der Waals surface area contributed by atoms with Crippen LogP contribution in [0.2, 0.25) is 0 Å². The first kappa shape index (κ1) is 13.4. The third kappa shape index (κ3) is 2.59. The van der Waals surface area contributed by atoms with Crippen LogP contribution < -0.4 is 10.2 Å². The number of nitrogens with zero attached hydrogens (tertiary/aromatic N) is 5. The lowest BCUT2D eigenvalue weighted by molar-refractivity contribution is 0.0228. The summed E-state index contributed by atoms with van der Waals surface area (Å²) in [4.78, 5) is 19.3. The third-order valence-corrected chi connectivity index (χ3v) is 4.26. The van der Waals surface area contributed by atoms with Crippen LogP contribution in [0.5, 0.6) is 0 Å². The highest BCUT2D eigenvalue weighted by Gasteiger charge is 2.46. The van der Waals surface area contributed by atoms with Gasteiger partial charge in [0, 0.05) is 37.8 Å². The van der Waals surface area contributed by atoms with Crippen LogP contribution in [0.1, 0.15) is 12.8 Å². The van der Waals surface area contributed by atoms with E-state index in [-0.39, 0.29) is 11.6 Å². The number of hydrogen-bond acceptors (Lipinski definition) is 7. The van der Waals surface area contributed by atoms with Gasteiger partial charge in [0.15, 0.2) is 0 Å². The number of hydrogen-bond donors (Lipinski definition) is 1. The van der Waals surface area contributed by atoms with Gasteiger partial charge in [-0.3, -0.25) is 0 Å². The van der Waals surface area contributed by atoms with E-state index in [1.54, 1.807) is 24.8 Å². The lowest BCUT2D eigenvalue weighted by Gasteiger charge is -2.23. The summed E-state index contributed by atoms with van der Waals surface area (Å²) in [5.74, 6) is 1.44. The van der Waals surface area contributed by atoms with Crippen LogP contribution in [0.4, 0.5) is 11.9 Å². The van der Waals surface area contributed by atoms with E-state index in [4.69, 9.17) is 4.74 Å². The maximum Gasteiger partial charge on any atom is 0.225 e. The molecule has 22 heavy (non-hydrogen) atoms. The van der Waals surface area contributed by atoms with E-state index in [0.29, 0.717) is 12.6 Å². The minimum Gasteiger partial charge on any atom is -0.371 e. The van der Waals surface area contributed by atoms with E-state index >= 15 is 0 Å². The molecular formula is C15H18N6O. The number of ether oxygens (including phenoxy) is 1. The molecule has 0 bridgehead atoms. The second-order valence-electron chi connectivity index (χ2n) is 5.83. The molecule has 7 nitrogen and oxygen atoms in total. The fourth-order valence-corrected chi connectivity index (χ4v) is 3.25. The van der Waals surface area contributed by atoms with E-state index in [9.17, 15) is 0 Å². The zero-order valence-electron chi connectivity index (χ0n) is 12.2. The highest BCUT2D eigenvalue weighted by molar-refractivity contribution is 5.34. The third-order valence-electron chi connectivity index (χ3n) is 4.26. The van der Waals surface area contributed by atoms with Gasteiger partial charge in [0.1, 0.15) is 0 Å². The highest BCUT2D eigenvalue weighted by Crippen LogP contribution is 2.36. The quantitative estimate of drug-likeness (QED) is 0.909. The molecule has 2 saturated heterocycles. The molecule has 2 aliphatic heterocycles. The van der Waals surface area contributed by atoms with E-state index < -0.39 is 0 Å². The normalized spacial score (nSPS) is 27.5. The molecule has 0 aliphatic carbocycles. The Kier molecular flexibility index (Phi) is 3.34. The first-order valence-corrected chi connectivity index (χ1v) is 7.53. The standard InChI is InChI=1S/C15H18N6O/c1-4-16-13(17-5-1)20-12-9-15(22-10-12)3-8-21(11-15)14-18-6-2-7-19-14/h1-2,4-7,12H,3,8-11H2,(H,16,17,20)/t12-,15+/m1/s1. The van der Waals surface area contributed by atoms with E-state index in [1.165, 1.54) is 0 Å². The molecule has 4 rings (SSSR count). The molecule has 0 radical (unpaired) electrons. The van der Waals surface area contributed by atoms with Crippen molar-refractivity contribution in [3.63, 3.8) is 0 Å². The second-order valence-corrected chi connectivity index (χ2v) is 5.83. The highest BCUT2D eigenvalue weighted by atomic mass is 16.5. The Morgan fingerprint density at radius 1 is 1.09 bits per heavy atom. The fourth-order valence-electron chi connectivity index (χ4n) is 3.25. The summed E-state index contributed by atoms with van der Waals surface area (Å²) in [6.45, 7) is 2.45. The minimum absolute atomic E-state index is 0.106. The Balaban J connectivity index is 1.40. The molecule has 0 amide bonds. The van der Waals surface area contributed by atoms with Gasteiger partial charge in [-0.05, 0) is 18.6 Å². The molecule has 4 heterocycles. The van der Waals surface area contributed by atoms with Gasteiger partial charge in [-0.2, -0.15) is 0 Å². The van der Waals surface area contributed by atoms with Gasteiger partial charge in [-0.1, -0.05) is 0 Å². The van der Waals surface area contributed by atoms with Crippen LogP contribution >= 0.6 is 0 Å². The van der Waals surface area contributed by atoms with Crippen molar-refractivity contribution in [3.8, 4) is 0 Å². The van der Waals surface area contributed by atoms with E-state index in [1.807, 2.05) is 12.1 Å². The van der Waals surface area contributed by atoms with Crippen molar-refractivity contribution >= 4 is 11.9 Å². The summed E-state index contributed by atoms with van der Waals surface area (Å²) in [6, 6.07) is 3.90. The van der Waals surface area contributed by atoms with E-state index in [0.717, 1.165) is 31.9 Å². The van der Waals surface area contributed by atoms with Gasteiger partial charge < -0.3 is 15.0 Å². The van der Waals surface area contributed by atoms with E-state index in [2.05, 4.69) is 30.2 Å². The van der Waals surface area contributed by atoms with Gasteiger partial charge in [-0.25, -0.2) is 19.9 Å². The molecule has 2 aromatic heterocycles. The number of rotatable bonds is 3. The molecule has 114 valence electrons. The predicted molar refractivity (Wildman–Crippen MR) is 81.6 cm³/mol. The predicted octanol–water partition coefficient (Wildman–Crippen LogP) is 1.12. The lowest BCUT2D eigenvalue weighted by atomic mass is 9.97. The SMILES string of the molecule is c1cnc(N[C@H]2CO[C@@]3(CCN(c4ncccn4)C3)C2)nc1. The first-order chi connectivity index (χ1) is 10.8. The topological polar surface area (TPSA) is 76.1 Å². The molecule has 1 spiro atoms. The van der Waals surface area contributed by atoms with Crippen LogP contribution in [0.25, 0.3) is 0 Å². The summed E-state index contributed by atoms with van der Waals surface area (Å²) in [6.07, 6.45) is 8.99. The summed E-state index contributed by atoms with van der Waals surface area (Å²) in [7, 11) is 0. The molecule has 0 saturated carbocycles. The van der Waals surface area contributed by atoms with Gasteiger partial charge in [-0.15, -0.1) is 0 Å². The molecular weight excluding hydrogens is 280 g/mol.